The molecule has 2 rings (SSSR count). The summed E-state index contributed by atoms with van der Waals surface area (Å²) < 4.78 is 4.89. The summed E-state index contributed by atoms with van der Waals surface area (Å²) in [5, 5.41) is 7.06. The molecule has 1 aromatic rings. The van der Waals surface area contributed by atoms with Crippen molar-refractivity contribution in [3.63, 3.8) is 0 Å². The molecule has 94 valence electrons. The van der Waals surface area contributed by atoms with E-state index >= 15 is 0 Å². The second kappa shape index (κ2) is 4.83. The van der Waals surface area contributed by atoms with Crippen LogP contribution < -0.4 is 5.32 Å². The third-order valence-electron chi connectivity index (χ3n) is 2.73. The molecule has 6 heteroatoms. The lowest BCUT2D eigenvalue weighted by atomic mass is 10.2. The van der Waals surface area contributed by atoms with Crippen LogP contribution in [0.15, 0.2) is 4.52 Å². The van der Waals surface area contributed by atoms with E-state index < -0.39 is 0 Å². The number of likely N-dealkylation sites (tertiary alicyclic amines) is 1. The van der Waals surface area contributed by atoms with E-state index in [0.717, 1.165) is 13.0 Å². The molecule has 1 N–H and O–H groups in total. The minimum Gasteiger partial charge on any atom is -0.340 e. The van der Waals surface area contributed by atoms with Crippen LogP contribution in [0.3, 0.4) is 0 Å². The Kier molecular flexibility index (Phi) is 3.42. The van der Waals surface area contributed by atoms with Crippen LogP contribution in [-0.2, 0) is 11.3 Å². The lowest BCUT2D eigenvalue weighted by molar-refractivity contribution is -0.130. The summed E-state index contributed by atoms with van der Waals surface area (Å²) in [7, 11) is 0. The Morgan fingerprint density at radius 3 is 2.94 bits per heavy atom. The van der Waals surface area contributed by atoms with Gasteiger partial charge in [-0.1, -0.05) is 19.0 Å². The first kappa shape index (κ1) is 12.0. The quantitative estimate of drug-likeness (QED) is 0.826. The van der Waals surface area contributed by atoms with E-state index in [1.807, 2.05) is 13.8 Å². The molecule has 0 aromatic carbocycles. The molecule has 1 saturated heterocycles. The van der Waals surface area contributed by atoms with Crippen LogP contribution in [0.2, 0.25) is 0 Å². The second-order valence-electron chi connectivity index (χ2n) is 4.65. The molecule has 1 aromatic heterocycles. The Bertz CT molecular complexity index is 402. The van der Waals surface area contributed by atoms with E-state index in [9.17, 15) is 4.79 Å². The van der Waals surface area contributed by atoms with Gasteiger partial charge in [0.25, 0.3) is 0 Å². The minimum absolute atomic E-state index is 0.0667. The van der Waals surface area contributed by atoms with E-state index in [-0.39, 0.29) is 11.9 Å². The minimum atomic E-state index is -0.0667. The van der Waals surface area contributed by atoms with Gasteiger partial charge in [0.15, 0.2) is 5.82 Å². The highest BCUT2D eigenvalue weighted by Gasteiger charge is 2.32. The Labute approximate surface area is 100 Å². The normalized spacial score (nSPS) is 20.6. The average molecular weight is 238 g/mol. The molecule has 0 spiro atoms. The van der Waals surface area contributed by atoms with Crippen molar-refractivity contribution in [3.8, 4) is 0 Å². The van der Waals surface area contributed by atoms with Crippen molar-refractivity contribution in [2.45, 2.75) is 45.8 Å². The number of nitrogens with one attached hydrogen (secondary N) is 1. The average Bonchev–Trinajstić information content (AvgIpc) is 2.79. The van der Waals surface area contributed by atoms with Crippen LogP contribution in [0.25, 0.3) is 0 Å². The predicted molar refractivity (Wildman–Crippen MR) is 61.1 cm³/mol. The summed E-state index contributed by atoms with van der Waals surface area (Å²) in [6.45, 7) is 7.01. The molecule has 0 saturated carbocycles. The van der Waals surface area contributed by atoms with Crippen molar-refractivity contribution in [2.75, 3.05) is 6.54 Å². The Morgan fingerprint density at radius 2 is 2.35 bits per heavy atom. The molecule has 1 amide bonds. The number of nitrogens with zero attached hydrogens (tertiary/aromatic N) is 3. The molecule has 1 aliphatic heterocycles. The molecule has 0 radical (unpaired) electrons. The van der Waals surface area contributed by atoms with Crippen LogP contribution in [0, 0.1) is 6.92 Å². The lowest BCUT2D eigenvalue weighted by Gasteiger charge is -2.16. The molecule has 1 aliphatic rings. The van der Waals surface area contributed by atoms with Gasteiger partial charge in [-0.15, -0.1) is 0 Å². The SMILES string of the molecule is Cc1nc(CN2CCC(NC(C)C)C2=O)no1. The van der Waals surface area contributed by atoms with E-state index in [4.69, 9.17) is 4.52 Å². The largest absolute Gasteiger partial charge is 0.340 e. The van der Waals surface area contributed by atoms with Gasteiger partial charge in [0, 0.05) is 19.5 Å². The first-order valence-corrected chi connectivity index (χ1v) is 5.90. The topological polar surface area (TPSA) is 71.3 Å². The molecule has 1 atom stereocenters. The first-order chi connectivity index (χ1) is 8.06. The second-order valence-corrected chi connectivity index (χ2v) is 4.65. The Morgan fingerprint density at radius 1 is 1.59 bits per heavy atom. The molecule has 6 nitrogen and oxygen atoms in total. The fraction of sp³-hybridized carbons (Fsp3) is 0.727. The summed E-state index contributed by atoms with van der Waals surface area (Å²) in [5.41, 5.74) is 0. The number of rotatable bonds is 4. The zero-order chi connectivity index (χ0) is 12.4. The molecular formula is C11H18N4O2. The summed E-state index contributed by atoms with van der Waals surface area (Å²) in [5.74, 6) is 1.23. The lowest BCUT2D eigenvalue weighted by Crippen LogP contribution is -2.41. The van der Waals surface area contributed by atoms with Crippen LogP contribution in [0.1, 0.15) is 32.0 Å². The van der Waals surface area contributed by atoms with Crippen LogP contribution >= 0.6 is 0 Å². The van der Waals surface area contributed by atoms with Crippen molar-refractivity contribution in [1.29, 1.82) is 0 Å². The van der Waals surface area contributed by atoms with E-state index in [1.165, 1.54) is 0 Å². The number of carbonyl (C=O) groups is 1. The molecule has 0 bridgehead atoms. The van der Waals surface area contributed by atoms with Gasteiger partial charge in [-0.05, 0) is 6.42 Å². The maximum Gasteiger partial charge on any atom is 0.240 e. The van der Waals surface area contributed by atoms with Crippen molar-refractivity contribution in [2.24, 2.45) is 0 Å². The van der Waals surface area contributed by atoms with E-state index in [2.05, 4.69) is 15.5 Å². The van der Waals surface area contributed by atoms with E-state index in [1.54, 1.807) is 11.8 Å². The van der Waals surface area contributed by atoms with Crippen molar-refractivity contribution in [3.05, 3.63) is 11.7 Å². The predicted octanol–water partition coefficient (Wildman–Crippen LogP) is 0.477. The number of carbonyl (C=O) groups excluding carboxylic acids is 1. The summed E-state index contributed by atoms with van der Waals surface area (Å²) in [6.07, 6.45) is 0.841. The number of aryl methyl sites for hydroxylation is 1. The van der Waals surface area contributed by atoms with Gasteiger partial charge in [-0.3, -0.25) is 4.79 Å². The zero-order valence-electron chi connectivity index (χ0n) is 10.4. The van der Waals surface area contributed by atoms with Crippen molar-refractivity contribution >= 4 is 5.91 Å². The Hall–Kier alpha value is -1.43. The summed E-state index contributed by atoms with van der Waals surface area (Å²) >= 11 is 0. The van der Waals surface area contributed by atoms with Crippen LogP contribution in [-0.4, -0.2) is 39.6 Å². The molecular weight excluding hydrogens is 220 g/mol. The van der Waals surface area contributed by atoms with Gasteiger partial charge in [0.05, 0.1) is 12.6 Å². The maximum absolute atomic E-state index is 12.0. The highest BCUT2D eigenvalue weighted by molar-refractivity contribution is 5.83. The molecule has 1 unspecified atom stereocenters. The van der Waals surface area contributed by atoms with Gasteiger partial charge in [-0.25, -0.2) is 0 Å². The van der Waals surface area contributed by atoms with Gasteiger partial charge in [0.1, 0.15) is 0 Å². The molecule has 17 heavy (non-hydrogen) atoms. The fourth-order valence-electron chi connectivity index (χ4n) is 2.03. The molecule has 0 aliphatic carbocycles. The van der Waals surface area contributed by atoms with Crippen molar-refractivity contribution < 1.29 is 9.32 Å². The van der Waals surface area contributed by atoms with Gasteiger partial charge in [0.2, 0.25) is 11.8 Å². The highest BCUT2D eigenvalue weighted by atomic mass is 16.5. The maximum atomic E-state index is 12.0. The third-order valence-corrected chi connectivity index (χ3v) is 2.73. The van der Waals surface area contributed by atoms with Gasteiger partial charge < -0.3 is 14.7 Å². The van der Waals surface area contributed by atoms with Gasteiger partial charge in [-0.2, -0.15) is 4.98 Å². The van der Waals surface area contributed by atoms with Crippen molar-refractivity contribution in [1.82, 2.24) is 20.4 Å². The number of amides is 1. The van der Waals surface area contributed by atoms with Crippen LogP contribution in [0.5, 0.6) is 0 Å². The third kappa shape index (κ3) is 2.82. The number of hydrogen-bond donors (Lipinski definition) is 1. The first-order valence-electron chi connectivity index (χ1n) is 5.90. The Balaban J connectivity index is 1.93. The number of aromatic nitrogens is 2. The molecule has 1 fully saturated rings. The van der Waals surface area contributed by atoms with Gasteiger partial charge >= 0.3 is 0 Å². The smallest absolute Gasteiger partial charge is 0.240 e. The zero-order valence-corrected chi connectivity index (χ0v) is 10.4. The number of hydrogen-bond acceptors (Lipinski definition) is 5. The summed E-state index contributed by atoms with van der Waals surface area (Å²) in [4.78, 5) is 17.9. The monoisotopic (exact) mass is 238 g/mol. The standard InChI is InChI=1S/C11H18N4O2/c1-7(2)12-9-4-5-15(11(9)16)6-10-13-8(3)17-14-10/h7,9,12H,4-6H2,1-3H3. The highest BCUT2D eigenvalue weighted by Crippen LogP contribution is 2.14. The summed E-state index contributed by atoms with van der Waals surface area (Å²) in [6, 6.07) is 0.249. The van der Waals surface area contributed by atoms with E-state index in [0.29, 0.717) is 24.3 Å². The van der Waals surface area contributed by atoms with Crippen LogP contribution in [0.4, 0.5) is 0 Å². The molecule has 2 heterocycles. The fourth-order valence-corrected chi connectivity index (χ4v) is 2.03.